The van der Waals surface area contributed by atoms with Crippen molar-refractivity contribution in [3.05, 3.63) is 75.4 Å². The second-order valence-corrected chi connectivity index (χ2v) is 6.79. The van der Waals surface area contributed by atoms with Gasteiger partial charge in [-0.1, -0.05) is 107 Å². The molecule has 0 heterocycles. The molecular formula is C28H38. The molecule has 1 aliphatic carbocycles. The third-order valence-electron chi connectivity index (χ3n) is 4.76. The van der Waals surface area contributed by atoms with E-state index in [1.807, 2.05) is 27.7 Å². The first kappa shape index (κ1) is 23.7. The zero-order valence-electron chi connectivity index (χ0n) is 19.2. The maximum atomic E-state index is 2.38. The van der Waals surface area contributed by atoms with Gasteiger partial charge in [-0.25, -0.2) is 0 Å². The van der Waals surface area contributed by atoms with E-state index in [2.05, 4.69) is 88.4 Å². The van der Waals surface area contributed by atoms with E-state index < -0.39 is 0 Å². The van der Waals surface area contributed by atoms with Gasteiger partial charge in [0.05, 0.1) is 0 Å². The molecule has 0 bridgehead atoms. The molecule has 0 heteroatoms. The molecule has 1 aliphatic rings. The summed E-state index contributed by atoms with van der Waals surface area (Å²) in [7, 11) is 0. The summed E-state index contributed by atoms with van der Waals surface area (Å²) in [6.07, 6.45) is 11.6. The molecular weight excluding hydrogens is 336 g/mol. The number of rotatable bonds is 3. The fraction of sp³-hybridized carbons (Fsp3) is 0.357. The SMILES string of the molecule is CC.CC.CCC/C(C)=C\c1c(C)ccc2c1/C=C\c1ccccc1/C=C/2C. The summed E-state index contributed by atoms with van der Waals surface area (Å²) in [4.78, 5) is 0. The quantitative estimate of drug-likeness (QED) is 0.502. The Morgan fingerprint density at radius 2 is 1.50 bits per heavy atom. The van der Waals surface area contributed by atoms with Crippen LogP contribution in [-0.2, 0) is 0 Å². The second-order valence-electron chi connectivity index (χ2n) is 6.79. The normalized spacial score (nSPS) is 15.1. The number of hydrogen-bond donors (Lipinski definition) is 0. The van der Waals surface area contributed by atoms with Gasteiger partial charge >= 0.3 is 0 Å². The van der Waals surface area contributed by atoms with Crippen LogP contribution >= 0.6 is 0 Å². The number of aryl methyl sites for hydroxylation is 1. The first-order chi connectivity index (χ1) is 13.6. The van der Waals surface area contributed by atoms with Crippen LogP contribution in [0.3, 0.4) is 0 Å². The average molecular weight is 375 g/mol. The van der Waals surface area contributed by atoms with Crippen molar-refractivity contribution in [3.8, 4) is 0 Å². The van der Waals surface area contributed by atoms with Crippen LogP contribution < -0.4 is 0 Å². The van der Waals surface area contributed by atoms with Gasteiger partial charge in [0.25, 0.3) is 0 Å². The Kier molecular flexibility index (Phi) is 10.3. The van der Waals surface area contributed by atoms with Crippen LogP contribution in [0, 0.1) is 6.92 Å². The van der Waals surface area contributed by atoms with Crippen molar-refractivity contribution in [2.75, 3.05) is 0 Å². The Hall–Kier alpha value is -2.34. The zero-order valence-corrected chi connectivity index (χ0v) is 19.2. The predicted molar refractivity (Wildman–Crippen MR) is 131 cm³/mol. The van der Waals surface area contributed by atoms with E-state index in [-0.39, 0.29) is 0 Å². The topological polar surface area (TPSA) is 0 Å². The molecule has 28 heavy (non-hydrogen) atoms. The zero-order chi connectivity index (χ0) is 21.1. The smallest absolute Gasteiger partial charge is 0.0106 e. The van der Waals surface area contributed by atoms with Gasteiger partial charge in [0.2, 0.25) is 0 Å². The molecule has 0 aliphatic heterocycles. The van der Waals surface area contributed by atoms with Crippen molar-refractivity contribution in [1.29, 1.82) is 0 Å². The molecule has 0 aromatic heterocycles. The lowest BCUT2D eigenvalue weighted by atomic mass is 9.88. The Bertz CT molecular complexity index is 844. The molecule has 0 nitrogen and oxygen atoms in total. The molecule has 150 valence electrons. The molecule has 0 saturated carbocycles. The maximum absolute atomic E-state index is 2.38. The Morgan fingerprint density at radius 3 is 2.14 bits per heavy atom. The van der Waals surface area contributed by atoms with E-state index >= 15 is 0 Å². The molecule has 0 atom stereocenters. The second kappa shape index (κ2) is 12.2. The highest BCUT2D eigenvalue weighted by Crippen LogP contribution is 2.32. The van der Waals surface area contributed by atoms with Gasteiger partial charge in [-0.05, 0) is 66.1 Å². The number of benzene rings is 2. The molecule has 0 saturated heterocycles. The van der Waals surface area contributed by atoms with E-state index in [1.165, 1.54) is 50.9 Å². The minimum Gasteiger partial charge on any atom is -0.0727 e. The molecule has 0 fully saturated rings. The van der Waals surface area contributed by atoms with E-state index in [1.54, 1.807) is 0 Å². The van der Waals surface area contributed by atoms with E-state index in [0.29, 0.717) is 0 Å². The fourth-order valence-corrected chi connectivity index (χ4v) is 3.45. The summed E-state index contributed by atoms with van der Waals surface area (Å²) in [5.74, 6) is 0. The Labute approximate surface area is 173 Å². The van der Waals surface area contributed by atoms with Crippen LogP contribution in [-0.4, -0.2) is 0 Å². The summed E-state index contributed by atoms with van der Waals surface area (Å²) in [6, 6.07) is 13.1. The molecule has 2 aromatic rings. The lowest BCUT2D eigenvalue weighted by Crippen LogP contribution is -1.96. The van der Waals surface area contributed by atoms with Gasteiger partial charge in [0.15, 0.2) is 0 Å². The first-order valence-corrected chi connectivity index (χ1v) is 10.9. The summed E-state index contributed by atoms with van der Waals surface area (Å²) in [6.45, 7) is 16.9. The van der Waals surface area contributed by atoms with Crippen LogP contribution in [0.4, 0.5) is 0 Å². The van der Waals surface area contributed by atoms with Crippen molar-refractivity contribution in [1.82, 2.24) is 0 Å². The number of allylic oxidation sites excluding steroid dienone is 2. The van der Waals surface area contributed by atoms with Crippen LogP contribution in [0.1, 0.15) is 94.7 Å². The van der Waals surface area contributed by atoms with Crippen molar-refractivity contribution >= 4 is 29.9 Å². The molecule has 0 radical (unpaired) electrons. The van der Waals surface area contributed by atoms with Crippen molar-refractivity contribution in [2.45, 2.75) is 68.2 Å². The summed E-state index contributed by atoms with van der Waals surface area (Å²) >= 11 is 0. The molecule has 0 spiro atoms. The van der Waals surface area contributed by atoms with Gasteiger partial charge in [-0.3, -0.25) is 0 Å². The van der Waals surface area contributed by atoms with Crippen LogP contribution in [0.15, 0.2) is 42.0 Å². The van der Waals surface area contributed by atoms with Gasteiger partial charge in [-0.15, -0.1) is 0 Å². The monoisotopic (exact) mass is 374 g/mol. The largest absolute Gasteiger partial charge is 0.0727 e. The minimum absolute atomic E-state index is 1.16. The number of hydrogen-bond acceptors (Lipinski definition) is 0. The average Bonchev–Trinajstić information content (AvgIpc) is 2.71. The van der Waals surface area contributed by atoms with Crippen LogP contribution in [0.5, 0.6) is 0 Å². The highest BCUT2D eigenvalue weighted by atomic mass is 14.2. The highest BCUT2D eigenvalue weighted by molar-refractivity contribution is 5.93. The van der Waals surface area contributed by atoms with Gasteiger partial charge in [0.1, 0.15) is 0 Å². The Morgan fingerprint density at radius 1 is 0.857 bits per heavy atom. The molecule has 0 amide bonds. The maximum Gasteiger partial charge on any atom is -0.0106 e. The third kappa shape index (κ3) is 5.83. The number of fused-ring (bicyclic) bond motifs is 2. The van der Waals surface area contributed by atoms with Crippen molar-refractivity contribution in [2.24, 2.45) is 0 Å². The summed E-state index contributed by atoms with van der Waals surface area (Å²) in [5, 5.41) is 0. The Balaban J connectivity index is 0.000000921. The summed E-state index contributed by atoms with van der Waals surface area (Å²) in [5.41, 5.74) is 10.7. The summed E-state index contributed by atoms with van der Waals surface area (Å²) < 4.78 is 0. The van der Waals surface area contributed by atoms with Crippen LogP contribution in [0.2, 0.25) is 0 Å². The molecule has 3 rings (SSSR count). The fourth-order valence-electron chi connectivity index (χ4n) is 3.45. The standard InChI is InChI=1S/C24H26.2C2H6/c1-5-8-17(2)15-24-18(3)11-13-22-19(4)16-21-10-7-6-9-20(21)12-14-23(22)24;2*1-2/h6-7,9-16H,5,8H2,1-4H3;2*1-2H3/b14-12-,17-15-,19-16+,20-12?,21-16?,22-19?,23-14?;;. The minimum atomic E-state index is 1.16. The van der Waals surface area contributed by atoms with E-state index in [4.69, 9.17) is 0 Å². The molecule has 2 aromatic carbocycles. The predicted octanol–water partition coefficient (Wildman–Crippen LogP) is 9.30. The van der Waals surface area contributed by atoms with Crippen LogP contribution in [0.25, 0.3) is 29.9 Å². The highest BCUT2D eigenvalue weighted by Gasteiger charge is 2.12. The lowest BCUT2D eigenvalue weighted by Gasteiger charge is -2.17. The molecule has 0 N–H and O–H groups in total. The van der Waals surface area contributed by atoms with Gasteiger partial charge in [0, 0.05) is 0 Å². The van der Waals surface area contributed by atoms with E-state index in [9.17, 15) is 0 Å². The van der Waals surface area contributed by atoms with Crippen molar-refractivity contribution < 1.29 is 0 Å². The van der Waals surface area contributed by atoms with Gasteiger partial charge < -0.3 is 0 Å². The first-order valence-electron chi connectivity index (χ1n) is 10.9. The van der Waals surface area contributed by atoms with Gasteiger partial charge in [-0.2, -0.15) is 0 Å². The molecule has 0 unspecified atom stereocenters. The van der Waals surface area contributed by atoms with Crippen molar-refractivity contribution in [3.63, 3.8) is 0 Å². The van der Waals surface area contributed by atoms with E-state index in [0.717, 1.165) is 6.42 Å². The third-order valence-corrected chi connectivity index (χ3v) is 4.76. The lowest BCUT2D eigenvalue weighted by molar-refractivity contribution is 0.911.